The number of anilines is 2. The highest BCUT2D eigenvalue weighted by molar-refractivity contribution is 7.86. The van der Waals surface area contributed by atoms with Crippen LogP contribution in [-0.4, -0.2) is 48.7 Å². The highest BCUT2D eigenvalue weighted by Crippen LogP contribution is 2.29. The molecule has 2 heterocycles. The molecule has 2 N–H and O–H groups in total. The van der Waals surface area contributed by atoms with E-state index in [1.54, 1.807) is 0 Å². The number of amides is 2. The molecule has 0 saturated carbocycles. The van der Waals surface area contributed by atoms with E-state index in [-0.39, 0.29) is 12.6 Å². The topological polar surface area (TPSA) is 94.6 Å². The molecule has 10 heteroatoms. The van der Waals surface area contributed by atoms with Crippen molar-refractivity contribution in [1.82, 2.24) is 13.6 Å². The predicted octanol–water partition coefficient (Wildman–Crippen LogP) is 2.26. The Bertz CT molecular complexity index is 906. The third-order valence-corrected chi connectivity index (χ3v) is 6.90. The molecule has 0 fully saturated rings. The van der Waals surface area contributed by atoms with E-state index in [1.165, 1.54) is 34.0 Å². The number of urea groups is 1. The first-order chi connectivity index (χ1) is 12.3. The molecule has 3 rings (SSSR count). The van der Waals surface area contributed by atoms with Crippen molar-refractivity contribution in [2.24, 2.45) is 0 Å². The van der Waals surface area contributed by atoms with Crippen LogP contribution < -0.4 is 10.6 Å². The summed E-state index contributed by atoms with van der Waals surface area (Å²) in [7, 11) is -0.427. The lowest BCUT2D eigenvalue weighted by atomic mass is 10.2. The van der Waals surface area contributed by atoms with Crippen LogP contribution in [0.2, 0.25) is 0 Å². The van der Waals surface area contributed by atoms with Crippen LogP contribution in [0.25, 0.3) is 0 Å². The third kappa shape index (κ3) is 4.04. The minimum absolute atomic E-state index is 0.273. The van der Waals surface area contributed by atoms with Gasteiger partial charge in [0.25, 0.3) is 10.2 Å². The van der Waals surface area contributed by atoms with Crippen molar-refractivity contribution in [3.63, 3.8) is 0 Å². The third-order valence-electron chi connectivity index (χ3n) is 4.01. The molecule has 0 saturated heterocycles. The lowest BCUT2D eigenvalue weighted by Crippen LogP contribution is -2.42. The number of aromatic nitrogens is 1. The fraction of sp³-hybridized carbons (Fsp3) is 0.375. The maximum Gasteiger partial charge on any atom is 0.325 e. The number of nitrogens with zero attached hydrogens (tertiary/aromatic N) is 3. The summed E-state index contributed by atoms with van der Waals surface area (Å²) in [6, 6.07) is 7.10. The van der Waals surface area contributed by atoms with Crippen LogP contribution in [0, 0.1) is 6.92 Å². The van der Waals surface area contributed by atoms with Gasteiger partial charge in [0.05, 0.1) is 12.2 Å². The molecule has 0 radical (unpaired) electrons. The summed E-state index contributed by atoms with van der Waals surface area (Å²) in [4.78, 5) is 17.4. The van der Waals surface area contributed by atoms with Crippen LogP contribution in [0.3, 0.4) is 0 Å². The minimum Gasteiger partial charge on any atom is -0.308 e. The van der Waals surface area contributed by atoms with Crippen LogP contribution in [0.5, 0.6) is 0 Å². The Labute approximate surface area is 157 Å². The van der Waals surface area contributed by atoms with Crippen molar-refractivity contribution in [2.45, 2.75) is 19.9 Å². The Morgan fingerprint density at radius 1 is 1.23 bits per heavy atom. The lowest BCUT2D eigenvalue weighted by molar-refractivity contribution is 0.262. The average Bonchev–Trinajstić information content (AvgIpc) is 2.97. The standard InChI is InChI=1S/C16H21N5O3S2/c1-11-4-6-12(7-5-11)17-15(22)19-16-18-13-8-9-21(10-14(13)25-16)26(23,24)20(2)3/h4-7H,8-10H2,1-3H3,(H2,17,18,19,22). The van der Waals surface area contributed by atoms with Crippen LogP contribution in [0.15, 0.2) is 24.3 Å². The molecule has 26 heavy (non-hydrogen) atoms. The summed E-state index contributed by atoms with van der Waals surface area (Å²) >= 11 is 1.30. The summed E-state index contributed by atoms with van der Waals surface area (Å²) in [6.07, 6.45) is 0.528. The number of carbonyl (C=O) groups is 1. The first-order valence-electron chi connectivity index (χ1n) is 8.06. The van der Waals surface area contributed by atoms with Gasteiger partial charge in [-0.1, -0.05) is 29.0 Å². The van der Waals surface area contributed by atoms with Gasteiger partial charge in [-0.25, -0.2) is 9.78 Å². The van der Waals surface area contributed by atoms with Gasteiger partial charge in [0.2, 0.25) is 0 Å². The molecule has 0 atom stereocenters. The zero-order valence-corrected chi connectivity index (χ0v) is 16.4. The molecule has 0 spiro atoms. The fourth-order valence-corrected chi connectivity index (χ4v) is 4.73. The Hall–Kier alpha value is -2.01. The molecule has 140 valence electrons. The Morgan fingerprint density at radius 3 is 2.58 bits per heavy atom. The van der Waals surface area contributed by atoms with E-state index < -0.39 is 10.2 Å². The quantitative estimate of drug-likeness (QED) is 0.830. The van der Waals surface area contributed by atoms with E-state index >= 15 is 0 Å². The monoisotopic (exact) mass is 395 g/mol. The second kappa shape index (κ2) is 7.31. The van der Waals surface area contributed by atoms with E-state index in [4.69, 9.17) is 0 Å². The van der Waals surface area contributed by atoms with Gasteiger partial charge in [0.15, 0.2) is 5.13 Å². The van der Waals surface area contributed by atoms with E-state index in [0.29, 0.717) is 23.8 Å². The number of hydrogen-bond acceptors (Lipinski definition) is 5. The molecule has 1 aromatic heterocycles. The number of thiazole rings is 1. The van der Waals surface area contributed by atoms with Gasteiger partial charge in [0, 0.05) is 37.6 Å². The highest BCUT2D eigenvalue weighted by Gasteiger charge is 2.30. The van der Waals surface area contributed by atoms with E-state index in [2.05, 4.69) is 15.6 Å². The van der Waals surface area contributed by atoms with Gasteiger partial charge in [-0.05, 0) is 19.1 Å². The van der Waals surface area contributed by atoms with Crippen LogP contribution >= 0.6 is 11.3 Å². The molecular formula is C16H21N5O3S2. The molecule has 1 aromatic carbocycles. The molecule has 0 bridgehead atoms. The molecule has 2 amide bonds. The molecule has 2 aromatic rings. The molecule has 0 unspecified atom stereocenters. The number of aryl methyl sites for hydroxylation is 1. The second-order valence-electron chi connectivity index (χ2n) is 6.21. The van der Waals surface area contributed by atoms with E-state index in [1.807, 2.05) is 31.2 Å². The number of carbonyl (C=O) groups excluding carboxylic acids is 1. The Balaban J connectivity index is 1.66. The van der Waals surface area contributed by atoms with Gasteiger partial charge in [0.1, 0.15) is 0 Å². The highest BCUT2D eigenvalue weighted by atomic mass is 32.2. The Kier molecular flexibility index (Phi) is 5.28. The fourth-order valence-electron chi connectivity index (χ4n) is 2.55. The summed E-state index contributed by atoms with van der Waals surface area (Å²) < 4.78 is 27.1. The van der Waals surface area contributed by atoms with Crippen molar-refractivity contribution in [1.29, 1.82) is 0 Å². The maximum atomic E-state index is 12.3. The smallest absolute Gasteiger partial charge is 0.308 e. The molecule has 1 aliphatic rings. The van der Waals surface area contributed by atoms with Crippen molar-refractivity contribution in [3.8, 4) is 0 Å². The van der Waals surface area contributed by atoms with Gasteiger partial charge in [-0.2, -0.15) is 17.0 Å². The lowest BCUT2D eigenvalue weighted by Gasteiger charge is -2.27. The zero-order valence-electron chi connectivity index (χ0n) is 14.8. The number of rotatable bonds is 4. The largest absolute Gasteiger partial charge is 0.325 e. The number of benzene rings is 1. The average molecular weight is 396 g/mol. The molecule has 1 aliphatic heterocycles. The van der Waals surface area contributed by atoms with Gasteiger partial charge >= 0.3 is 6.03 Å². The van der Waals surface area contributed by atoms with E-state index in [0.717, 1.165) is 16.1 Å². The summed E-state index contributed by atoms with van der Waals surface area (Å²) in [5, 5.41) is 5.93. The minimum atomic E-state index is -3.45. The molecule has 8 nitrogen and oxygen atoms in total. The number of nitrogens with one attached hydrogen (secondary N) is 2. The van der Waals surface area contributed by atoms with Crippen molar-refractivity contribution >= 4 is 38.4 Å². The van der Waals surface area contributed by atoms with Gasteiger partial charge < -0.3 is 5.32 Å². The maximum absolute atomic E-state index is 12.3. The normalized spacial score (nSPS) is 14.9. The van der Waals surface area contributed by atoms with Crippen LogP contribution in [0.4, 0.5) is 15.6 Å². The summed E-state index contributed by atoms with van der Waals surface area (Å²) in [6.45, 7) is 2.63. The first kappa shape index (κ1) is 18.8. The van der Waals surface area contributed by atoms with Gasteiger partial charge in [-0.3, -0.25) is 5.32 Å². The van der Waals surface area contributed by atoms with Crippen molar-refractivity contribution < 1.29 is 13.2 Å². The number of fused-ring (bicyclic) bond motifs is 1. The van der Waals surface area contributed by atoms with Gasteiger partial charge in [-0.15, -0.1) is 0 Å². The van der Waals surface area contributed by atoms with Crippen LogP contribution in [0.1, 0.15) is 16.1 Å². The second-order valence-corrected chi connectivity index (χ2v) is 9.43. The van der Waals surface area contributed by atoms with Crippen molar-refractivity contribution in [3.05, 3.63) is 40.4 Å². The summed E-state index contributed by atoms with van der Waals surface area (Å²) in [5.41, 5.74) is 2.64. The number of hydrogen-bond donors (Lipinski definition) is 2. The van der Waals surface area contributed by atoms with Crippen LogP contribution in [-0.2, 0) is 23.2 Å². The molecular weight excluding hydrogens is 374 g/mol. The SMILES string of the molecule is Cc1ccc(NC(=O)Nc2nc3c(s2)CN(S(=O)(=O)N(C)C)CC3)cc1. The summed E-state index contributed by atoms with van der Waals surface area (Å²) in [5.74, 6) is 0. The molecule has 0 aliphatic carbocycles. The van der Waals surface area contributed by atoms with E-state index in [9.17, 15) is 13.2 Å². The van der Waals surface area contributed by atoms with Crippen molar-refractivity contribution in [2.75, 3.05) is 31.3 Å². The predicted molar refractivity (Wildman–Crippen MR) is 103 cm³/mol. The Morgan fingerprint density at radius 2 is 1.92 bits per heavy atom. The first-order valence-corrected chi connectivity index (χ1v) is 10.3. The zero-order chi connectivity index (χ0) is 18.9.